The van der Waals surface area contributed by atoms with Crippen molar-refractivity contribution in [3.63, 3.8) is 0 Å². The van der Waals surface area contributed by atoms with Crippen molar-refractivity contribution in [2.24, 2.45) is 4.40 Å². The second-order valence-corrected chi connectivity index (χ2v) is 5.66. The molecule has 0 saturated carbocycles. The average molecular weight is 219 g/mol. The Labute approximate surface area is 87.3 Å². The first-order valence-electron chi connectivity index (χ1n) is 4.43. The predicted molar refractivity (Wildman–Crippen MR) is 57.6 cm³/mol. The molecule has 1 atom stereocenters. The van der Waals surface area contributed by atoms with Crippen LogP contribution in [0.5, 0.6) is 0 Å². The Morgan fingerprint density at radius 3 is 2.29 bits per heavy atom. The summed E-state index contributed by atoms with van der Waals surface area (Å²) < 4.78 is 19.5. The lowest BCUT2D eigenvalue weighted by molar-refractivity contribution is -0.135. The number of hydrogen-bond donors (Lipinski definition) is 0. The fourth-order valence-corrected chi connectivity index (χ4v) is 1.13. The Bertz CT molecular complexity index is 266. The summed E-state index contributed by atoms with van der Waals surface area (Å²) in [6.45, 7) is 8.91. The molecule has 0 aliphatic heterocycles. The van der Waals surface area contributed by atoms with E-state index >= 15 is 0 Å². The van der Waals surface area contributed by atoms with Gasteiger partial charge in [-0.3, -0.25) is 0 Å². The van der Waals surface area contributed by atoms with E-state index in [1.165, 1.54) is 6.92 Å². The van der Waals surface area contributed by atoms with Crippen LogP contribution < -0.4 is 0 Å². The van der Waals surface area contributed by atoms with Gasteiger partial charge in [0.1, 0.15) is 16.7 Å². The van der Waals surface area contributed by atoms with Crippen LogP contribution in [0.15, 0.2) is 4.40 Å². The summed E-state index contributed by atoms with van der Waals surface area (Å²) in [6, 6.07) is 0. The molecule has 82 valence electrons. The van der Waals surface area contributed by atoms with Crippen molar-refractivity contribution in [2.75, 3.05) is 6.61 Å². The monoisotopic (exact) mass is 219 g/mol. The maximum atomic E-state index is 11.5. The van der Waals surface area contributed by atoms with Gasteiger partial charge in [0.2, 0.25) is 0 Å². The Morgan fingerprint density at radius 2 is 1.93 bits per heavy atom. The minimum atomic E-state index is -1.40. The lowest BCUT2D eigenvalue weighted by atomic mass is 10.3. The Hall–Kier alpha value is -0.710. The third-order valence-corrected chi connectivity index (χ3v) is 2.80. The maximum Gasteiger partial charge on any atom is 0.353 e. The third kappa shape index (κ3) is 4.50. The number of rotatable bonds is 3. The predicted octanol–water partition coefficient (Wildman–Crippen LogP) is 1.47. The van der Waals surface area contributed by atoms with Gasteiger partial charge in [-0.15, -0.1) is 0 Å². The van der Waals surface area contributed by atoms with E-state index in [1.54, 1.807) is 27.7 Å². The molecule has 0 saturated heterocycles. The second kappa shape index (κ2) is 5.24. The Morgan fingerprint density at radius 1 is 1.43 bits per heavy atom. The molecular formula is C9H17NO3S. The molecule has 0 aliphatic rings. The van der Waals surface area contributed by atoms with E-state index in [0.717, 1.165) is 0 Å². The van der Waals surface area contributed by atoms with Crippen molar-refractivity contribution in [1.82, 2.24) is 0 Å². The first-order valence-corrected chi connectivity index (χ1v) is 5.54. The summed E-state index contributed by atoms with van der Waals surface area (Å²) in [4.78, 5) is 11.1. The summed E-state index contributed by atoms with van der Waals surface area (Å²) in [7, 11) is -1.40. The molecular weight excluding hydrogens is 202 g/mol. The quantitative estimate of drug-likeness (QED) is 0.533. The van der Waals surface area contributed by atoms with Gasteiger partial charge in [-0.05, 0) is 34.6 Å². The third-order valence-electron chi connectivity index (χ3n) is 1.31. The fourth-order valence-electron chi connectivity index (χ4n) is 0.534. The normalized spacial score (nSPS) is 15.1. The van der Waals surface area contributed by atoms with Crippen LogP contribution in [-0.2, 0) is 20.5 Å². The van der Waals surface area contributed by atoms with E-state index in [1.807, 2.05) is 0 Å². The van der Waals surface area contributed by atoms with Gasteiger partial charge in [-0.1, -0.05) is 0 Å². The van der Waals surface area contributed by atoms with Gasteiger partial charge in [-0.2, -0.15) is 4.40 Å². The van der Waals surface area contributed by atoms with E-state index in [4.69, 9.17) is 4.74 Å². The highest BCUT2D eigenvalue weighted by atomic mass is 32.2. The highest BCUT2D eigenvalue weighted by Crippen LogP contribution is 2.12. The van der Waals surface area contributed by atoms with Crippen LogP contribution >= 0.6 is 0 Å². The molecule has 0 heterocycles. The molecule has 0 aromatic heterocycles. The summed E-state index contributed by atoms with van der Waals surface area (Å²) in [6.07, 6.45) is 0. The number of nitrogens with zero attached hydrogens (tertiary/aromatic N) is 1. The number of carbonyl (C=O) groups excluding carboxylic acids is 1. The van der Waals surface area contributed by atoms with Crippen molar-refractivity contribution in [3.05, 3.63) is 0 Å². The highest BCUT2D eigenvalue weighted by Gasteiger charge is 2.20. The van der Waals surface area contributed by atoms with Crippen LogP contribution in [0.3, 0.4) is 0 Å². The smallest absolute Gasteiger partial charge is 0.353 e. The zero-order valence-electron chi connectivity index (χ0n) is 9.29. The molecule has 0 aliphatic carbocycles. The number of ether oxygens (including phenoxy) is 1. The lowest BCUT2D eigenvalue weighted by Gasteiger charge is -2.13. The van der Waals surface area contributed by atoms with Crippen molar-refractivity contribution in [2.45, 2.75) is 39.4 Å². The van der Waals surface area contributed by atoms with Crippen molar-refractivity contribution < 1.29 is 13.7 Å². The first kappa shape index (κ1) is 13.3. The standard InChI is InChI=1S/C9H17NO3S/c1-6-13-8(11)7(2)10-14(12)9(3,4)5/h6H2,1-5H3/b10-7+/t14-/m1/s1. The molecule has 0 bridgehead atoms. The molecule has 0 spiro atoms. The van der Waals surface area contributed by atoms with Crippen LogP contribution in [0.25, 0.3) is 0 Å². The van der Waals surface area contributed by atoms with Crippen LogP contribution in [0.1, 0.15) is 34.6 Å². The van der Waals surface area contributed by atoms with Crippen molar-refractivity contribution >= 4 is 22.7 Å². The SMILES string of the molecule is CCOC(=O)/C(C)=N/[S@](=O)C(C)(C)C. The zero-order valence-corrected chi connectivity index (χ0v) is 10.1. The van der Waals surface area contributed by atoms with E-state index in [-0.39, 0.29) is 5.71 Å². The van der Waals surface area contributed by atoms with Crippen molar-refractivity contribution in [3.8, 4) is 0 Å². The highest BCUT2D eigenvalue weighted by molar-refractivity contribution is 7.85. The molecule has 0 fully saturated rings. The number of hydrogen-bond acceptors (Lipinski definition) is 3. The minimum Gasteiger partial charge on any atom is -0.461 e. The maximum absolute atomic E-state index is 11.5. The fraction of sp³-hybridized carbons (Fsp3) is 0.778. The summed E-state index contributed by atoms with van der Waals surface area (Å²) in [5, 5.41) is 0. The number of esters is 1. The Balaban J connectivity index is 4.53. The topological polar surface area (TPSA) is 55.7 Å². The van der Waals surface area contributed by atoms with Crippen LogP contribution in [-0.4, -0.2) is 27.2 Å². The van der Waals surface area contributed by atoms with Gasteiger partial charge in [0.15, 0.2) is 0 Å². The largest absolute Gasteiger partial charge is 0.461 e. The van der Waals surface area contributed by atoms with Crippen LogP contribution in [0, 0.1) is 0 Å². The van der Waals surface area contributed by atoms with Gasteiger partial charge in [0.25, 0.3) is 0 Å². The molecule has 5 heteroatoms. The van der Waals surface area contributed by atoms with E-state index in [9.17, 15) is 9.00 Å². The summed E-state index contributed by atoms with van der Waals surface area (Å²) >= 11 is 0. The van der Waals surface area contributed by atoms with Gasteiger partial charge in [-0.25, -0.2) is 9.00 Å². The van der Waals surface area contributed by atoms with Crippen molar-refractivity contribution in [1.29, 1.82) is 0 Å². The van der Waals surface area contributed by atoms with Gasteiger partial charge in [0, 0.05) is 0 Å². The molecule has 0 aromatic rings. The van der Waals surface area contributed by atoms with Gasteiger partial charge in [0.05, 0.1) is 11.4 Å². The zero-order chi connectivity index (χ0) is 11.4. The summed E-state index contributed by atoms with van der Waals surface area (Å²) in [5.41, 5.74) is 0.153. The number of carbonyl (C=O) groups is 1. The van der Waals surface area contributed by atoms with Gasteiger partial charge >= 0.3 is 5.97 Å². The first-order chi connectivity index (χ1) is 6.29. The molecule has 0 radical (unpaired) electrons. The van der Waals surface area contributed by atoms with Crippen LogP contribution in [0.2, 0.25) is 0 Å². The molecule has 0 aromatic carbocycles. The minimum absolute atomic E-state index is 0.153. The summed E-state index contributed by atoms with van der Waals surface area (Å²) in [5.74, 6) is -0.509. The van der Waals surface area contributed by atoms with Gasteiger partial charge < -0.3 is 4.74 Å². The molecule has 4 nitrogen and oxygen atoms in total. The molecule has 0 amide bonds. The second-order valence-electron chi connectivity index (χ2n) is 3.76. The Kier molecular flexibility index (Phi) is 4.97. The molecule has 0 rings (SSSR count). The van der Waals surface area contributed by atoms with E-state index in [2.05, 4.69) is 4.40 Å². The molecule has 14 heavy (non-hydrogen) atoms. The lowest BCUT2D eigenvalue weighted by Crippen LogP contribution is -2.23. The molecule has 0 N–H and O–H groups in total. The van der Waals surface area contributed by atoms with E-state index in [0.29, 0.717) is 6.61 Å². The molecule has 0 unspecified atom stereocenters. The van der Waals surface area contributed by atoms with Crippen LogP contribution in [0.4, 0.5) is 0 Å². The van der Waals surface area contributed by atoms with E-state index < -0.39 is 21.7 Å². The average Bonchev–Trinajstić information content (AvgIpc) is 2.02.